The lowest BCUT2D eigenvalue weighted by Crippen LogP contribution is -2.41. The van der Waals surface area contributed by atoms with Gasteiger partial charge < -0.3 is 21.7 Å². The normalized spacial score (nSPS) is 10.6. The van der Waals surface area contributed by atoms with Crippen LogP contribution in [-0.4, -0.2) is 44.5 Å². The summed E-state index contributed by atoms with van der Waals surface area (Å²) in [5, 5.41) is 8.64. The van der Waals surface area contributed by atoms with Crippen LogP contribution in [-0.2, 0) is 9.59 Å². The number of nitrogens with one attached hydrogen (secondary N) is 3. The van der Waals surface area contributed by atoms with Crippen LogP contribution in [0.1, 0.15) is 129 Å². The van der Waals surface area contributed by atoms with Crippen molar-refractivity contribution in [1.82, 2.24) is 16.0 Å². The molecule has 2 amide bonds. The van der Waals surface area contributed by atoms with E-state index in [4.69, 9.17) is 5.73 Å². The summed E-state index contributed by atoms with van der Waals surface area (Å²) < 4.78 is 0. The van der Waals surface area contributed by atoms with Crippen molar-refractivity contribution >= 4 is 24.2 Å². The van der Waals surface area contributed by atoms with E-state index in [2.05, 4.69) is 22.9 Å². The minimum absolute atomic E-state index is 0. The van der Waals surface area contributed by atoms with Gasteiger partial charge in [0.05, 0.1) is 13.1 Å². The van der Waals surface area contributed by atoms with E-state index in [1.807, 2.05) is 0 Å². The first-order valence-electron chi connectivity index (χ1n) is 14.1. The molecular weight excluding hydrogens is 448 g/mol. The molecule has 34 heavy (non-hydrogen) atoms. The number of halogens is 1. The SMILES string of the molecule is CCCCCCCCCCCCCCCCCCNCC(=O)NCC(=O)NCCCCCN.Cl. The first kappa shape index (κ1) is 35.3. The fourth-order valence-corrected chi connectivity index (χ4v) is 3.98. The van der Waals surface area contributed by atoms with E-state index in [-0.39, 0.29) is 37.3 Å². The van der Waals surface area contributed by atoms with Crippen molar-refractivity contribution in [2.45, 2.75) is 129 Å². The molecule has 7 heteroatoms. The molecule has 0 rings (SSSR count). The van der Waals surface area contributed by atoms with E-state index in [0.29, 0.717) is 13.1 Å². The van der Waals surface area contributed by atoms with Crippen LogP contribution in [0.2, 0.25) is 0 Å². The van der Waals surface area contributed by atoms with Crippen molar-refractivity contribution in [3.8, 4) is 0 Å². The molecule has 0 radical (unpaired) electrons. The van der Waals surface area contributed by atoms with Crippen LogP contribution >= 0.6 is 12.4 Å². The first-order chi connectivity index (χ1) is 16.2. The van der Waals surface area contributed by atoms with Crippen LogP contribution in [0.4, 0.5) is 0 Å². The molecule has 0 aromatic heterocycles. The van der Waals surface area contributed by atoms with Gasteiger partial charge in [0.25, 0.3) is 0 Å². The van der Waals surface area contributed by atoms with E-state index in [9.17, 15) is 9.59 Å². The monoisotopic (exact) mass is 504 g/mol. The maximum absolute atomic E-state index is 11.8. The average Bonchev–Trinajstić information content (AvgIpc) is 2.81. The molecule has 204 valence electrons. The van der Waals surface area contributed by atoms with Crippen molar-refractivity contribution < 1.29 is 9.59 Å². The smallest absolute Gasteiger partial charge is 0.239 e. The van der Waals surface area contributed by atoms with Crippen molar-refractivity contribution in [3.05, 3.63) is 0 Å². The summed E-state index contributed by atoms with van der Waals surface area (Å²) in [6.07, 6.45) is 24.8. The van der Waals surface area contributed by atoms with Gasteiger partial charge in [-0.1, -0.05) is 110 Å². The second kappa shape index (κ2) is 30.2. The van der Waals surface area contributed by atoms with Gasteiger partial charge >= 0.3 is 0 Å². The number of rotatable bonds is 26. The Hall–Kier alpha value is -0.850. The summed E-state index contributed by atoms with van der Waals surface area (Å²) in [4.78, 5) is 23.4. The number of nitrogens with two attached hydrogens (primary N) is 1. The molecule has 0 atom stereocenters. The molecule has 5 N–H and O–H groups in total. The standard InChI is InChI=1S/C27H56N4O2.ClH/c1-2-3-4-5-6-7-8-9-10-11-12-13-14-15-16-19-22-29-24-26(32)31-25-27(33)30-23-20-17-18-21-28;/h29H,2-25,28H2,1H3,(H,30,33)(H,31,32);1H. The highest BCUT2D eigenvalue weighted by atomic mass is 35.5. The molecule has 0 aromatic carbocycles. The van der Waals surface area contributed by atoms with Gasteiger partial charge in [-0.2, -0.15) is 0 Å². The number of amides is 2. The number of unbranched alkanes of at least 4 members (excludes halogenated alkanes) is 17. The highest BCUT2D eigenvalue weighted by Crippen LogP contribution is 2.13. The van der Waals surface area contributed by atoms with E-state index in [1.54, 1.807) is 0 Å². The van der Waals surface area contributed by atoms with Gasteiger partial charge in [0.2, 0.25) is 11.8 Å². The summed E-state index contributed by atoms with van der Waals surface area (Å²) in [5.41, 5.74) is 5.43. The summed E-state index contributed by atoms with van der Waals surface area (Å²) in [6.45, 7) is 4.81. The Morgan fingerprint density at radius 2 is 0.941 bits per heavy atom. The lowest BCUT2D eigenvalue weighted by atomic mass is 10.0. The van der Waals surface area contributed by atoms with Gasteiger partial charge in [-0.3, -0.25) is 9.59 Å². The Labute approximate surface area is 217 Å². The molecule has 6 nitrogen and oxygen atoms in total. The van der Waals surface area contributed by atoms with Crippen LogP contribution in [0.5, 0.6) is 0 Å². The molecule has 0 unspecified atom stereocenters. The molecular formula is C27H57ClN4O2. The molecule has 0 spiro atoms. The zero-order valence-electron chi connectivity index (χ0n) is 22.3. The molecule has 0 aliphatic carbocycles. The minimum atomic E-state index is -0.131. The zero-order valence-corrected chi connectivity index (χ0v) is 23.1. The van der Waals surface area contributed by atoms with Gasteiger partial charge in [-0.15, -0.1) is 12.4 Å². The number of carbonyl (C=O) groups excluding carboxylic acids is 2. The summed E-state index contributed by atoms with van der Waals surface area (Å²) >= 11 is 0. The van der Waals surface area contributed by atoms with Crippen LogP contribution in [0.3, 0.4) is 0 Å². The van der Waals surface area contributed by atoms with Gasteiger partial charge in [-0.05, 0) is 32.4 Å². The Kier molecular flexibility index (Phi) is 31.3. The minimum Gasteiger partial charge on any atom is -0.355 e. The average molecular weight is 505 g/mol. The topological polar surface area (TPSA) is 96.2 Å². The largest absolute Gasteiger partial charge is 0.355 e. The van der Waals surface area contributed by atoms with Crippen molar-refractivity contribution in [2.24, 2.45) is 5.73 Å². The maximum atomic E-state index is 11.8. The van der Waals surface area contributed by atoms with E-state index in [0.717, 1.165) is 32.2 Å². The number of hydrogen-bond acceptors (Lipinski definition) is 4. The Morgan fingerprint density at radius 1 is 0.529 bits per heavy atom. The third kappa shape index (κ3) is 29.2. The molecule has 0 saturated heterocycles. The molecule has 0 aliphatic rings. The van der Waals surface area contributed by atoms with Crippen molar-refractivity contribution in [1.29, 1.82) is 0 Å². The van der Waals surface area contributed by atoms with E-state index < -0.39 is 0 Å². The highest BCUT2D eigenvalue weighted by molar-refractivity contribution is 5.85. The fourth-order valence-electron chi connectivity index (χ4n) is 3.98. The van der Waals surface area contributed by atoms with Gasteiger partial charge in [0.15, 0.2) is 0 Å². The van der Waals surface area contributed by atoms with Crippen LogP contribution in [0.25, 0.3) is 0 Å². The van der Waals surface area contributed by atoms with Crippen LogP contribution in [0.15, 0.2) is 0 Å². The predicted molar refractivity (Wildman–Crippen MR) is 149 cm³/mol. The molecule has 0 aromatic rings. The molecule has 0 bridgehead atoms. The third-order valence-corrected chi connectivity index (χ3v) is 6.14. The molecule has 0 fully saturated rings. The van der Waals surface area contributed by atoms with Crippen LogP contribution < -0.4 is 21.7 Å². The quantitative estimate of drug-likeness (QED) is 0.115. The predicted octanol–water partition coefficient (Wildman–Crippen LogP) is 5.62. The lowest BCUT2D eigenvalue weighted by Gasteiger charge is -2.08. The van der Waals surface area contributed by atoms with Gasteiger partial charge in [0.1, 0.15) is 0 Å². The van der Waals surface area contributed by atoms with Crippen molar-refractivity contribution in [2.75, 3.05) is 32.7 Å². The van der Waals surface area contributed by atoms with Gasteiger partial charge in [0, 0.05) is 6.54 Å². The van der Waals surface area contributed by atoms with Gasteiger partial charge in [-0.25, -0.2) is 0 Å². The lowest BCUT2D eigenvalue weighted by molar-refractivity contribution is -0.125. The molecule has 0 heterocycles. The second-order valence-electron chi connectivity index (χ2n) is 9.46. The zero-order chi connectivity index (χ0) is 24.2. The maximum Gasteiger partial charge on any atom is 0.239 e. The first-order valence-corrected chi connectivity index (χ1v) is 14.1. The highest BCUT2D eigenvalue weighted by Gasteiger charge is 2.04. The molecule has 0 saturated carbocycles. The Balaban J connectivity index is 0. The summed E-state index contributed by atoms with van der Waals surface area (Å²) in [6, 6.07) is 0. The second-order valence-corrected chi connectivity index (χ2v) is 9.46. The Bertz CT molecular complexity index is 439. The van der Waals surface area contributed by atoms with Crippen LogP contribution in [0, 0.1) is 0 Å². The van der Waals surface area contributed by atoms with E-state index >= 15 is 0 Å². The van der Waals surface area contributed by atoms with Crippen molar-refractivity contribution in [3.63, 3.8) is 0 Å². The number of hydrogen-bond donors (Lipinski definition) is 4. The summed E-state index contributed by atoms with van der Waals surface area (Å²) in [5.74, 6) is -0.251. The Morgan fingerprint density at radius 3 is 1.44 bits per heavy atom. The fraction of sp³-hybridized carbons (Fsp3) is 0.926. The van der Waals surface area contributed by atoms with E-state index in [1.165, 1.54) is 96.3 Å². The summed E-state index contributed by atoms with van der Waals surface area (Å²) in [7, 11) is 0. The molecule has 0 aliphatic heterocycles. The third-order valence-electron chi connectivity index (χ3n) is 6.14. The number of carbonyl (C=O) groups is 2.